The first-order valence-electron chi connectivity index (χ1n) is 7.33. The summed E-state index contributed by atoms with van der Waals surface area (Å²) in [7, 11) is -2.98. The fraction of sp³-hybridized carbons (Fsp3) is 0.467. The third-order valence-electron chi connectivity index (χ3n) is 3.42. The molecule has 1 fully saturated rings. The summed E-state index contributed by atoms with van der Waals surface area (Å²) in [6.07, 6.45) is -0.476. The second-order valence-electron chi connectivity index (χ2n) is 5.46. The highest BCUT2D eigenvalue weighted by molar-refractivity contribution is 8.02. The van der Waals surface area contributed by atoms with Crippen molar-refractivity contribution in [2.45, 2.75) is 24.7 Å². The number of hydrogen-bond donors (Lipinski definition) is 1. The number of nitrogens with one attached hydrogen (secondary N) is 1. The van der Waals surface area contributed by atoms with Crippen molar-refractivity contribution in [2.24, 2.45) is 0 Å². The number of carbonyl (C=O) groups excluding carboxylic acids is 2. The number of esters is 1. The SMILES string of the molecule is C[C@H](OC(=O)CS[C@H]1CCS(=O)(=O)C1)C(=O)Nc1ccc(F)cc1. The van der Waals surface area contributed by atoms with Crippen LogP contribution >= 0.6 is 11.8 Å². The minimum atomic E-state index is -2.98. The topological polar surface area (TPSA) is 89.5 Å². The Balaban J connectivity index is 1.74. The summed E-state index contributed by atoms with van der Waals surface area (Å²) in [5.74, 6) is -1.30. The molecular formula is C15H18FNO5S2. The molecule has 6 nitrogen and oxygen atoms in total. The number of carbonyl (C=O) groups is 2. The van der Waals surface area contributed by atoms with Crippen LogP contribution in [0.4, 0.5) is 10.1 Å². The minimum absolute atomic E-state index is 0.00560. The van der Waals surface area contributed by atoms with Gasteiger partial charge in [0.15, 0.2) is 15.9 Å². The van der Waals surface area contributed by atoms with Crippen molar-refractivity contribution in [3.63, 3.8) is 0 Å². The van der Waals surface area contributed by atoms with E-state index in [1.165, 1.54) is 43.0 Å². The largest absolute Gasteiger partial charge is 0.452 e. The lowest BCUT2D eigenvalue weighted by Crippen LogP contribution is -2.30. The van der Waals surface area contributed by atoms with Crippen molar-refractivity contribution in [2.75, 3.05) is 22.6 Å². The van der Waals surface area contributed by atoms with Crippen LogP contribution in [-0.2, 0) is 24.2 Å². The van der Waals surface area contributed by atoms with Gasteiger partial charge in [0.1, 0.15) is 5.82 Å². The van der Waals surface area contributed by atoms with Gasteiger partial charge < -0.3 is 10.1 Å². The minimum Gasteiger partial charge on any atom is -0.452 e. The summed E-state index contributed by atoms with van der Waals surface area (Å²) in [4.78, 5) is 23.7. The lowest BCUT2D eigenvalue weighted by Gasteiger charge is -2.14. The van der Waals surface area contributed by atoms with Crippen molar-refractivity contribution in [1.29, 1.82) is 0 Å². The Morgan fingerprint density at radius 2 is 2.04 bits per heavy atom. The van der Waals surface area contributed by atoms with Gasteiger partial charge in [-0.15, -0.1) is 11.8 Å². The normalized spacial score (nSPS) is 20.3. The molecule has 9 heteroatoms. The third-order valence-corrected chi connectivity index (χ3v) is 6.67. The molecule has 1 aromatic carbocycles. The van der Waals surface area contributed by atoms with Crippen molar-refractivity contribution >= 4 is 39.2 Å². The van der Waals surface area contributed by atoms with Crippen LogP contribution in [-0.4, -0.2) is 48.9 Å². The molecule has 2 atom stereocenters. The lowest BCUT2D eigenvalue weighted by atomic mass is 10.3. The Bertz CT molecular complexity index is 705. The van der Waals surface area contributed by atoms with Gasteiger partial charge in [0.25, 0.3) is 5.91 Å². The molecule has 0 bridgehead atoms. The van der Waals surface area contributed by atoms with E-state index in [1.54, 1.807) is 0 Å². The highest BCUT2D eigenvalue weighted by Crippen LogP contribution is 2.24. The number of hydrogen-bond acceptors (Lipinski definition) is 6. The molecule has 1 saturated heterocycles. The molecule has 1 heterocycles. The first-order valence-corrected chi connectivity index (χ1v) is 10.2. The average Bonchev–Trinajstić information content (AvgIpc) is 2.86. The van der Waals surface area contributed by atoms with Crippen LogP contribution in [0.3, 0.4) is 0 Å². The van der Waals surface area contributed by atoms with Gasteiger partial charge in [-0.1, -0.05) is 0 Å². The predicted molar refractivity (Wildman–Crippen MR) is 90.1 cm³/mol. The number of amides is 1. The van der Waals surface area contributed by atoms with E-state index in [4.69, 9.17) is 4.74 Å². The Morgan fingerprint density at radius 1 is 1.38 bits per heavy atom. The first kappa shape index (κ1) is 18.7. The summed E-state index contributed by atoms with van der Waals surface area (Å²) in [5, 5.41) is 2.41. The van der Waals surface area contributed by atoms with E-state index in [-0.39, 0.29) is 22.5 Å². The molecule has 0 aromatic heterocycles. The number of thioether (sulfide) groups is 1. The van der Waals surface area contributed by atoms with Crippen LogP contribution in [0.2, 0.25) is 0 Å². The van der Waals surface area contributed by atoms with Crippen molar-refractivity contribution < 1.29 is 27.1 Å². The molecule has 0 unspecified atom stereocenters. The second kappa shape index (κ2) is 7.98. The van der Waals surface area contributed by atoms with Crippen LogP contribution in [0, 0.1) is 5.82 Å². The maximum Gasteiger partial charge on any atom is 0.316 e. The fourth-order valence-electron chi connectivity index (χ4n) is 2.14. The van der Waals surface area contributed by atoms with Gasteiger partial charge in [0, 0.05) is 10.9 Å². The van der Waals surface area contributed by atoms with Gasteiger partial charge in [-0.2, -0.15) is 0 Å². The number of rotatable bonds is 6. The van der Waals surface area contributed by atoms with Gasteiger partial charge in [-0.05, 0) is 37.6 Å². The number of anilines is 1. The molecule has 24 heavy (non-hydrogen) atoms. The third kappa shape index (κ3) is 5.79. The van der Waals surface area contributed by atoms with Crippen molar-refractivity contribution in [1.82, 2.24) is 0 Å². The Labute approximate surface area is 144 Å². The maximum atomic E-state index is 12.8. The molecule has 0 spiro atoms. The van der Waals surface area contributed by atoms with Crippen LogP contribution in [0.25, 0.3) is 0 Å². The lowest BCUT2D eigenvalue weighted by molar-refractivity contribution is -0.150. The Hall–Kier alpha value is -1.61. The summed E-state index contributed by atoms with van der Waals surface area (Å²) >= 11 is 1.23. The second-order valence-corrected chi connectivity index (χ2v) is 8.98. The van der Waals surface area contributed by atoms with Gasteiger partial charge in [-0.25, -0.2) is 12.8 Å². The van der Waals surface area contributed by atoms with Crippen molar-refractivity contribution in [3.05, 3.63) is 30.1 Å². The standard InChI is InChI=1S/C15H18FNO5S2/c1-10(15(19)17-12-4-2-11(16)3-5-12)22-14(18)8-23-13-6-7-24(20,21)9-13/h2-5,10,13H,6-9H2,1H3,(H,17,19)/t10-,13-/m0/s1. The van der Waals surface area contributed by atoms with E-state index >= 15 is 0 Å². The van der Waals surface area contributed by atoms with Crippen molar-refractivity contribution in [3.8, 4) is 0 Å². The maximum absolute atomic E-state index is 12.8. The molecule has 0 aliphatic carbocycles. The quantitative estimate of drug-likeness (QED) is 0.760. The van der Waals surface area contributed by atoms with Gasteiger partial charge in [-0.3, -0.25) is 9.59 Å². The first-order chi connectivity index (χ1) is 11.2. The van der Waals surface area contributed by atoms with E-state index in [2.05, 4.69) is 5.32 Å². The summed E-state index contributed by atoms with van der Waals surface area (Å²) in [6.45, 7) is 1.43. The number of ether oxygens (including phenoxy) is 1. The van der Waals surface area contributed by atoms with Crippen LogP contribution in [0.1, 0.15) is 13.3 Å². The van der Waals surface area contributed by atoms with E-state index in [0.717, 1.165) is 0 Å². The van der Waals surface area contributed by atoms with Gasteiger partial charge in [0.2, 0.25) is 0 Å². The van der Waals surface area contributed by atoms with Crippen LogP contribution < -0.4 is 5.32 Å². The molecule has 2 rings (SSSR count). The zero-order valence-electron chi connectivity index (χ0n) is 13.0. The predicted octanol–water partition coefficient (Wildman–Crippen LogP) is 1.62. The molecule has 0 saturated carbocycles. The summed E-state index contributed by atoms with van der Waals surface area (Å²) < 4.78 is 40.5. The fourth-order valence-corrected chi connectivity index (χ4v) is 5.56. The average molecular weight is 375 g/mol. The molecule has 1 aliphatic rings. The smallest absolute Gasteiger partial charge is 0.316 e. The molecule has 1 amide bonds. The highest BCUT2D eigenvalue weighted by Gasteiger charge is 2.29. The monoisotopic (exact) mass is 375 g/mol. The van der Waals surface area contributed by atoms with Crippen LogP contribution in [0.15, 0.2) is 24.3 Å². The van der Waals surface area contributed by atoms with E-state index in [9.17, 15) is 22.4 Å². The highest BCUT2D eigenvalue weighted by atomic mass is 32.2. The summed E-state index contributed by atoms with van der Waals surface area (Å²) in [5.41, 5.74) is 0.398. The molecular weight excluding hydrogens is 357 g/mol. The zero-order valence-corrected chi connectivity index (χ0v) is 14.7. The van der Waals surface area contributed by atoms with E-state index in [0.29, 0.717) is 12.1 Å². The zero-order chi connectivity index (χ0) is 17.7. The van der Waals surface area contributed by atoms with Gasteiger partial charge >= 0.3 is 5.97 Å². The molecule has 0 radical (unpaired) electrons. The molecule has 1 aromatic rings. The van der Waals surface area contributed by atoms with E-state index in [1.807, 2.05) is 0 Å². The van der Waals surface area contributed by atoms with E-state index < -0.39 is 33.6 Å². The van der Waals surface area contributed by atoms with Gasteiger partial charge in [0.05, 0.1) is 17.3 Å². The summed E-state index contributed by atoms with van der Waals surface area (Å²) in [6, 6.07) is 5.22. The molecule has 1 N–H and O–H groups in total. The number of sulfone groups is 1. The number of benzene rings is 1. The number of halogens is 1. The molecule has 1 aliphatic heterocycles. The molecule has 132 valence electrons. The Kier molecular flexibility index (Phi) is 6.22. The van der Waals surface area contributed by atoms with Crippen LogP contribution in [0.5, 0.6) is 0 Å². The Morgan fingerprint density at radius 3 is 2.62 bits per heavy atom.